The number of hydrogen-bond acceptors (Lipinski definition) is 7. The molecule has 4 atom stereocenters. The first-order valence-electron chi connectivity index (χ1n) is 17.9. The van der Waals surface area contributed by atoms with Crippen molar-refractivity contribution < 1.29 is 37.8 Å². The highest BCUT2D eigenvalue weighted by Crippen LogP contribution is 2.61. The van der Waals surface area contributed by atoms with Gasteiger partial charge in [-0.2, -0.15) is 0 Å². The van der Waals surface area contributed by atoms with Gasteiger partial charge < -0.3 is 33.2 Å². The third kappa shape index (κ3) is 6.60. The van der Waals surface area contributed by atoms with Gasteiger partial charge in [0, 0.05) is 35.8 Å². The largest absolute Gasteiger partial charge is 0.497 e. The Morgan fingerprint density at radius 2 is 1.72 bits per heavy atom. The second kappa shape index (κ2) is 14.4. The first-order chi connectivity index (χ1) is 25.5. The molecule has 0 bridgehead atoms. The summed E-state index contributed by atoms with van der Waals surface area (Å²) in [7, 11) is -2.02. The van der Waals surface area contributed by atoms with Crippen LogP contribution in [0.25, 0.3) is 0 Å². The van der Waals surface area contributed by atoms with E-state index in [0.717, 1.165) is 11.1 Å². The molecule has 10 nitrogen and oxygen atoms in total. The average Bonchev–Trinajstić information content (AvgIpc) is 3.57. The van der Waals surface area contributed by atoms with Crippen LogP contribution in [0.15, 0.2) is 97.1 Å². The van der Waals surface area contributed by atoms with Crippen LogP contribution in [0, 0.1) is 5.92 Å². The smallest absolute Gasteiger partial charge is 0.269 e. The number of hydrogen-bond donors (Lipinski definition) is 1. The number of anilines is 3. The molecule has 276 valence electrons. The van der Waals surface area contributed by atoms with Gasteiger partial charge in [0.25, 0.3) is 11.8 Å². The Bertz CT molecular complexity index is 2020. The molecule has 12 heteroatoms. The first-order valence-corrected chi connectivity index (χ1v) is 20.8. The van der Waals surface area contributed by atoms with E-state index in [1.165, 1.54) is 0 Å². The number of ether oxygens (including phenoxy) is 3. The third-order valence-electron chi connectivity index (χ3n) is 10.7. The number of aliphatic hydroxyl groups excluding tert-OH is 1. The highest BCUT2D eigenvalue weighted by atomic mass is 28.4. The van der Waals surface area contributed by atoms with Crippen molar-refractivity contribution in [1.82, 2.24) is 4.90 Å². The summed E-state index contributed by atoms with van der Waals surface area (Å²) in [4.78, 5) is 46.9. The monoisotopic (exact) mass is 737 g/mol. The molecular formula is C41H44FN3O7Si. The number of halogens is 1. The molecule has 0 aromatic heterocycles. The van der Waals surface area contributed by atoms with Gasteiger partial charge in [-0.05, 0) is 66.7 Å². The molecule has 1 spiro atoms. The third-order valence-corrected chi connectivity index (χ3v) is 13.2. The lowest BCUT2D eigenvalue weighted by Crippen LogP contribution is -2.45. The van der Waals surface area contributed by atoms with Gasteiger partial charge in [-0.3, -0.25) is 19.3 Å². The predicted molar refractivity (Wildman–Crippen MR) is 201 cm³/mol. The van der Waals surface area contributed by atoms with Crippen LogP contribution < -0.4 is 19.3 Å². The predicted octanol–water partition coefficient (Wildman–Crippen LogP) is 6.49. The molecule has 3 amide bonds. The van der Waals surface area contributed by atoms with Crippen molar-refractivity contribution in [3.8, 4) is 11.5 Å². The van der Waals surface area contributed by atoms with Gasteiger partial charge >= 0.3 is 0 Å². The minimum atomic E-state index is -3.56. The molecule has 0 radical (unpaired) electrons. The average molecular weight is 738 g/mol. The molecule has 4 aromatic rings. The normalized spacial score (nSPS) is 22.1. The number of amides is 3. The van der Waals surface area contributed by atoms with Gasteiger partial charge in [0.2, 0.25) is 14.3 Å². The zero-order valence-corrected chi connectivity index (χ0v) is 31.3. The minimum Gasteiger partial charge on any atom is -0.497 e. The van der Waals surface area contributed by atoms with Gasteiger partial charge in [-0.25, -0.2) is 0 Å². The minimum absolute atomic E-state index is 0.0953. The number of fused-ring (bicyclic) bond motifs is 3. The number of carbonyl (C=O) groups is 3. The molecule has 3 aliphatic heterocycles. The quantitative estimate of drug-likeness (QED) is 0.139. The maximum atomic E-state index is 16.5. The van der Waals surface area contributed by atoms with Gasteiger partial charge in [-0.15, -0.1) is 0 Å². The van der Waals surface area contributed by atoms with E-state index in [2.05, 4.69) is 0 Å². The Kier molecular flexibility index (Phi) is 9.88. The second-order valence-corrected chi connectivity index (χ2v) is 18.2. The SMILES string of the molecule is COc1ccc2c(c1)[C@@]1(O[C@H](CC(=O)N(CCO)Cc3ccccc3)[C@@H]([Si](C)(C)F)[C@@H]1C)C(=O)N2Cc1cccc(N2C(=O)COc3ccccc32)c1. The number of para-hydroxylation sites is 2. The lowest BCUT2D eigenvalue weighted by molar-refractivity contribution is -0.150. The van der Waals surface area contributed by atoms with Crippen LogP contribution in [-0.4, -0.2) is 69.1 Å². The Morgan fingerprint density at radius 3 is 2.45 bits per heavy atom. The van der Waals surface area contributed by atoms with Crippen LogP contribution in [0.2, 0.25) is 18.6 Å². The fourth-order valence-corrected chi connectivity index (χ4v) is 10.9. The molecule has 7 rings (SSSR count). The lowest BCUT2D eigenvalue weighted by atomic mass is 9.82. The van der Waals surface area contributed by atoms with Crippen molar-refractivity contribution in [1.29, 1.82) is 0 Å². The molecule has 3 heterocycles. The summed E-state index contributed by atoms with van der Waals surface area (Å²) in [5.74, 6) is -0.347. The number of aliphatic hydroxyl groups is 1. The summed E-state index contributed by atoms with van der Waals surface area (Å²) in [5.41, 5.74) is 1.84. The molecule has 53 heavy (non-hydrogen) atoms. The van der Waals surface area contributed by atoms with Crippen LogP contribution in [0.4, 0.5) is 21.2 Å². The summed E-state index contributed by atoms with van der Waals surface area (Å²) in [6.07, 6.45) is -1.03. The van der Waals surface area contributed by atoms with E-state index in [0.29, 0.717) is 34.1 Å². The highest BCUT2D eigenvalue weighted by Gasteiger charge is 2.67. The summed E-state index contributed by atoms with van der Waals surface area (Å²) in [6.45, 7) is 5.26. The number of methoxy groups -OCH3 is 1. The summed E-state index contributed by atoms with van der Waals surface area (Å²) >= 11 is 0. The van der Waals surface area contributed by atoms with E-state index in [-0.39, 0.29) is 57.0 Å². The Labute approximate surface area is 309 Å². The van der Waals surface area contributed by atoms with E-state index in [4.69, 9.17) is 14.2 Å². The van der Waals surface area contributed by atoms with Gasteiger partial charge in [0.1, 0.15) is 11.5 Å². The number of benzene rings is 4. The number of carbonyl (C=O) groups excluding carboxylic acids is 3. The van der Waals surface area contributed by atoms with Gasteiger partial charge in [0.05, 0.1) is 44.2 Å². The second-order valence-electron chi connectivity index (χ2n) is 14.4. The molecule has 1 N–H and O–H groups in total. The molecule has 1 saturated heterocycles. The molecular weight excluding hydrogens is 694 g/mol. The van der Waals surface area contributed by atoms with Crippen LogP contribution in [-0.2, 0) is 37.8 Å². The Morgan fingerprint density at radius 1 is 0.981 bits per heavy atom. The Balaban J connectivity index is 1.23. The molecule has 3 aliphatic rings. The molecule has 4 aromatic carbocycles. The van der Waals surface area contributed by atoms with Crippen LogP contribution in [0.3, 0.4) is 0 Å². The van der Waals surface area contributed by atoms with Gasteiger partial charge in [-0.1, -0.05) is 61.5 Å². The number of rotatable bonds is 11. The van der Waals surface area contributed by atoms with Crippen molar-refractivity contribution in [3.05, 3.63) is 114 Å². The standard InChI is InChI=1S/C41H44FN3O7Si/c1-27-39(53(3,4)42)36(23-37(47)43(19-20-46)24-28-11-6-5-7-12-28)52-41(27)32-22-31(50-2)17-18-33(32)44(40(41)49)25-29-13-10-14-30(21-29)45-34-15-8-9-16-35(34)51-26-38(45)48/h5-18,21-22,27,36,39,46H,19-20,23-26H2,1-4H3/t27-,36+,39-,41+/m0/s1. The van der Waals surface area contributed by atoms with E-state index in [1.54, 1.807) is 47.0 Å². The van der Waals surface area contributed by atoms with Crippen molar-refractivity contribution in [3.63, 3.8) is 0 Å². The maximum Gasteiger partial charge on any atom is 0.269 e. The van der Waals surface area contributed by atoms with Crippen LogP contribution >= 0.6 is 0 Å². The van der Waals surface area contributed by atoms with Crippen LogP contribution in [0.5, 0.6) is 11.5 Å². The van der Waals surface area contributed by atoms with Crippen LogP contribution in [0.1, 0.15) is 30.0 Å². The molecule has 0 saturated carbocycles. The highest BCUT2D eigenvalue weighted by molar-refractivity contribution is 6.72. The summed E-state index contributed by atoms with van der Waals surface area (Å²) in [6, 6.07) is 29.7. The zero-order chi connectivity index (χ0) is 37.5. The van der Waals surface area contributed by atoms with Crippen molar-refractivity contribution in [2.75, 3.05) is 36.7 Å². The summed E-state index contributed by atoms with van der Waals surface area (Å²) < 4.78 is 34.6. The molecule has 0 unspecified atom stereocenters. The van der Waals surface area contributed by atoms with E-state index < -0.39 is 31.6 Å². The Hall–Kier alpha value is -5.04. The van der Waals surface area contributed by atoms with Crippen molar-refractivity contribution in [2.24, 2.45) is 5.92 Å². The fourth-order valence-electron chi connectivity index (χ4n) is 8.39. The topological polar surface area (TPSA) is 109 Å². The maximum absolute atomic E-state index is 16.5. The van der Waals surface area contributed by atoms with Crippen molar-refractivity contribution >= 4 is 43.2 Å². The van der Waals surface area contributed by atoms with Gasteiger partial charge in [0.15, 0.2) is 12.2 Å². The molecule has 0 aliphatic carbocycles. The van der Waals surface area contributed by atoms with Crippen molar-refractivity contribution in [2.45, 2.75) is 56.8 Å². The fraction of sp³-hybridized carbons (Fsp3) is 0.341. The lowest BCUT2D eigenvalue weighted by Gasteiger charge is -2.31. The molecule has 1 fully saturated rings. The van der Waals surface area contributed by atoms with E-state index in [9.17, 15) is 14.7 Å². The van der Waals surface area contributed by atoms with E-state index >= 15 is 8.90 Å². The number of nitrogens with zero attached hydrogens (tertiary/aromatic N) is 3. The van der Waals surface area contributed by atoms with E-state index in [1.807, 2.05) is 91.9 Å². The first kappa shape index (κ1) is 36.3. The summed E-state index contributed by atoms with van der Waals surface area (Å²) in [5, 5.41) is 9.84. The zero-order valence-electron chi connectivity index (χ0n) is 30.3.